The van der Waals surface area contributed by atoms with E-state index in [-0.39, 0.29) is 11.3 Å². The number of carbonyl (C=O) groups is 1. The molecular formula is C24H22BrN7O. The molecule has 0 spiro atoms. The molecule has 3 aromatic heterocycles. The van der Waals surface area contributed by atoms with E-state index in [2.05, 4.69) is 41.2 Å². The van der Waals surface area contributed by atoms with E-state index in [0.29, 0.717) is 33.8 Å². The number of pyridine rings is 1. The third kappa shape index (κ3) is 3.74. The van der Waals surface area contributed by atoms with Crippen molar-refractivity contribution in [2.75, 3.05) is 7.05 Å². The number of nitrogens with one attached hydrogen (secondary N) is 1. The smallest absolute Gasteiger partial charge is 0.225 e. The summed E-state index contributed by atoms with van der Waals surface area (Å²) in [7, 11) is 1.69. The molecular weight excluding hydrogens is 482 g/mol. The van der Waals surface area contributed by atoms with Crippen LogP contribution in [0.25, 0.3) is 32.5 Å². The second kappa shape index (κ2) is 8.19. The Kier molecular flexibility index (Phi) is 5.33. The van der Waals surface area contributed by atoms with Crippen LogP contribution in [-0.4, -0.2) is 37.7 Å². The molecule has 1 saturated carbocycles. The van der Waals surface area contributed by atoms with Gasteiger partial charge in [-0.2, -0.15) is 5.10 Å². The Morgan fingerprint density at radius 3 is 3.03 bits per heavy atom. The maximum absolute atomic E-state index is 12.3. The molecule has 2 atom stereocenters. The highest BCUT2D eigenvalue weighted by Gasteiger charge is 2.40. The number of aromatic nitrogens is 5. The van der Waals surface area contributed by atoms with Gasteiger partial charge in [-0.25, -0.2) is 19.5 Å². The summed E-state index contributed by atoms with van der Waals surface area (Å²) in [5, 5.41) is 9.09. The normalized spacial score (nSPS) is 20.2. The van der Waals surface area contributed by atoms with E-state index in [1.807, 2.05) is 25.1 Å². The zero-order valence-corrected chi connectivity index (χ0v) is 19.9. The van der Waals surface area contributed by atoms with Gasteiger partial charge in [0.25, 0.3) is 0 Å². The number of nitrogens with zero attached hydrogens (tertiary/aromatic N) is 6. The molecule has 0 bridgehead atoms. The molecule has 1 aliphatic rings. The Balaban J connectivity index is 1.52. The lowest BCUT2D eigenvalue weighted by Crippen LogP contribution is -2.35. The zero-order chi connectivity index (χ0) is 23.2. The first-order valence-electron chi connectivity index (χ1n) is 10.8. The molecule has 0 aliphatic heterocycles. The number of benzene rings is 1. The average molecular weight is 504 g/mol. The minimum atomic E-state index is -0.330. The third-order valence-corrected chi connectivity index (χ3v) is 7.14. The predicted molar refractivity (Wildman–Crippen MR) is 129 cm³/mol. The van der Waals surface area contributed by atoms with Crippen LogP contribution in [0.3, 0.4) is 0 Å². The van der Waals surface area contributed by atoms with E-state index < -0.39 is 0 Å². The summed E-state index contributed by atoms with van der Waals surface area (Å²) in [5.41, 5.74) is 2.23. The van der Waals surface area contributed by atoms with E-state index >= 15 is 0 Å². The monoisotopic (exact) mass is 503 g/mol. The highest BCUT2D eigenvalue weighted by molar-refractivity contribution is 9.10. The lowest BCUT2D eigenvalue weighted by Gasteiger charge is -2.21. The minimum Gasteiger partial charge on any atom is -0.359 e. The van der Waals surface area contributed by atoms with Crippen LogP contribution in [0.5, 0.6) is 0 Å². The van der Waals surface area contributed by atoms with Crippen molar-refractivity contribution in [2.24, 2.45) is 11.3 Å². The number of hydrogen-bond donors (Lipinski definition) is 1. The highest BCUT2D eigenvalue weighted by atomic mass is 79.9. The van der Waals surface area contributed by atoms with Crippen LogP contribution >= 0.6 is 15.9 Å². The van der Waals surface area contributed by atoms with Crippen molar-refractivity contribution in [3.63, 3.8) is 0 Å². The number of rotatable bonds is 4. The number of halogens is 1. The Labute approximate surface area is 199 Å². The SMILES string of the molecule is [C-]#[N+]c1cc(-n2nc(Br)c3cnc(C[C@@H]4CC[C@@](C)(C(=O)NC)C4)nc32)cc2cccnc12. The van der Waals surface area contributed by atoms with E-state index in [0.717, 1.165) is 41.5 Å². The van der Waals surface area contributed by atoms with Crippen molar-refractivity contribution in [1.82, 2.24) is 30.0 Å². The molecule has 0 unspecified atom stereocenters. The zero-order valence-electron chi connectivity index (χ0n) is 18.3. The number of carbonyl (C=O) groups excluding carboxylic acids is 1. The Morgan fingerprint density at radius 2 is 2.24 bits per heavy atom. The summed E-state index contributed by atoms with van der Waals surface area (Å²) in [6.07, 6.45) is 6.85. The van der Waals surface area contributed by atoms with E-state index in [1.54, 1.807) is 30.2 Å². The van der Waals surface area contributed by atoms with Gasteiger partial charge in [-0.3, -0.25) is 9.78 Å². The maximum Gasteiger partial charge on any atom is 0.225 e. The molecule has 0 radical (unpaired) electrons. The molecule has 5 rings (SSSR count). The van der Waals surface area contributed by atoms with Crippen molar-refractivity contribution >= 4 is 49.5 Å². The van der Waals surface area contributed by atoms with Crippen molar-refractivity contribution in [2.45, 2.75) is 32.6 Å². The number of hydrogen-bond acceptors (Lipinski definition) is 5. The van der Waals surface area contributed by atoms with E-state index in [9.17, 15) is 4.79 Å². The van der Waals surface area contributed by atoms with Gasteiger partial charge in [0.1, 0.15) is 10.4 Å². The van der Waals surface area contributed by atoms with Gasteiger partial charge in [-0.15, -0.1) is 0 Å². The summed E-state index contributed by atoms with van der Waals surface area (Å²) < 4.78 is 2.39. The predicted octanol–water partition coefficient (Wildman–Crippen LogP) is 4.77. The first-order chi connectivity index (χ1) is 15.9. The molecule has 0 saturated heterocycles. The lowest BCUT2D eigenvalue weighted by atomic mass is 9.86. The Hall–Kier alpha value is -3.38. The summed E-state index contributed by atoms with van der Waals surface area (Å²) in [4.78, 5) is 29.7. The van der Waals surface area contributed by atoms with Crippen LogP contribution < -0.4 is 5.32 Å². The summed E-state index contributed by atoms with van der Waals surface area (Å²) >= 11 is 3.52. The van der Waals surface area contributed by atoms with Crippen LogP contribution in [0.2, 0.25) is 0 Å². The third-order valence-electron chi connectivity index (χ3n) is 6.55. The van der Waals surface area contributed by atoms with E-state index in [4.69, 9.17) is 11.6 Å². The maximum atomic E-state index is 12.3. The second-order valence-electron chi connectivity index (χ2n) is 8.83. The standard InChI is InChI=1S/C24H22BrN7O/c1-24(23(33)27-3)7-6-14(12-24)9-19-29-13-17-21(25)31-32(22(17)30-19)16-10-15-5-4-8-28-20(15)18(11-16)26-2/h4-5,8,10-11,13-14H,6-7,9,12H2,1,3H3,(H,27,33)/t14-,24+/m0/s1. The minimum absolute atomic E-state index is 0.102. The Morgan fingerprint density at radius 1 is 1.39 bits per heavy atom. The van der Waals surface area contributed by atoms with Crippen LogP contribution in [-0.2, 0) is 11.2 Å². The molecule has 1 aliphatic carbocycles. The summed E-state index contributed by atoms with van der Waals surface area (Å²) in [5.74, 6) is 1.19. The first kappa shape index (κ1) is 21.5. The lowest BCUT2D eigenvalue weighted by molar-refractivity contribution is -0.129. The van der Waals surface area contributed by atoms with Crippen molar-refractivity contribution in [3.05, 3.63) is 58.5 Å². The number of amides is 1. The van der Waals surface area contributed by atoms with Gasteiger partial charge in [0.2, 0.25) is 11.6 Å². The van der Waals surface area contributed by atoms with Crippen LogP contribution in [0, 0.1) is 17.9 Å². The van der Waals surface area contributed by atoms with Gasteiger partial charge < -0.3 is 5.32 Å². The molecule has 166 valence electrons. The highest BCUT2D eigenvalue weighted by Crippen LogP contribution is 2.42. The molecule has 1 fully saturated rings. The Bertz CT molecular complexity index is 1440. The molecule has 1 aromatic carbocycles. The van der Waals surface area contributed by atoms with Crippen LogP contribution in [0.1, 0.15) is 32.0 Å². The van der Waals surface area contributed by atoms with Crippen LogP contribution in [0.4, 0.5) is 5.69 Å². The summed E-state index contributed by atoms with van der Waals surface area (Å²) in [6.45, 7) is 9.61. The fourth-order valence-corrected chi connectivity index (χ4v) is 5.29. The molecule has 33 heavy (non-hydrogen) atoms. The van der Waals surface area contributed by atoms with Gasteiger partial charge >= 0.3 is 0 Å². The van der Waals surface area contributed by atoms with Gasteiger partial charge in [-0.1, -0.05) is 13.0 Å². The van der Waals surface area contributed by atoms with Crippen molar-refractivity contribution in [1.29, 1.82) is 0 Å². The first-order valence-corrected chi connectivity index (χ1v) is 11.6. The molecule has 1 amide bonds. The summed E-state index contributed by atoms with van der Waals surface area (Å²) in [6, 6.07) is 7.54. The topological polar surface area (TPSA) is 90.0 Å². The molecule has 9 heteroatoms. The quantitative estimate of drug-likeness (QED) is 0.405. The van der Waals surface area contributed by atoms with Crippen molar-refractivity contribution in [3.8, 4) is 5.69 Å². The molecule has 4 aromatic rings. The van der Waals surface area contributed by atoms with Gasteiger partial charge in [-0.05, 0) is 64.7 Å². The molecule has 1 N–H and O–H groups in total. The average Bonchev–Trinajstić information content (AvgIpc) is 3.37. The van der Waals surface area contributed by atoms with Gasteiger partial charge in [0, 0.05) is 31.3 Å². The fraction of sp³-hybridized carbons (Fsp3) is 0.333. The molecule has 3 heterocycles. The van der Waals surface area contributed by atoms with Crippen LogP contribution in [0.15, 0.2) is 41.3 Å². The van der Waals surface area contributed by atoms with Gasteiger partial charge in [0.15, 0.2) is 5.65 Å². The number of fused-ring (bicyclic) bond motifs is 2. The van der Waals surface area contributed by atoms with E-state index in [1.165, 1.54) is 0 Å². The second-order valence-corrected chi connectivity index (χ2v) is 9.58. The largest absolute Gasteiger partial charge is 0.359 e. The fourth-order valence-electron chi connectivity index (χ4n) is 4.85. The van der Waals surface area contributed by atoms with Crippen molar-refractivity contribution < 1.29 is 4.79 Å². The van der Waals surface area contributed by atoms with Gasteiger partial charge in [0.05, 0.1) is 23.2 Å². The molecule has 8 nitrogen and oxygen atoms in total.